The number of nitrogens with one attached hydrogen (secondary N) is 2. The molecule has 2 amide bonds. The maximum absolute atomic E-state index is 11.6. The third kappa shape index (κ3) is 4.52. The lowest BCUT2D eigenvalue weighted by molar-refractivity contribution is -0.140. The van der Waals surface area contributed by atoms with E-state index in [1.807, 2.05) is 6.92 Å². The van der Waals surface area contributed by atoms with Crippen molar-refractivity contribution in [2.75, 3.05) is 13.2 Å². The van der Waals surface area contributed by atoms with Crippen LogP contribution in [-0.2, 0) is 9.53 Å². The molecule has 18 heavy (non-hydrogen) atoms. The van der Waals surface area contributed by atoms with Crippen LogP contribution in [0.4, 0.5) is 4.79 Å². The Bertz CT molecular complexity index is 290. The Balaban J connectivity index is 2.33. The van der Waals surface area contributed by atoms with Crippen LogP contribution in [0.1, 0.15) is 33.1 Å². The minimum Gasteiger partial charge on any atom is -0.480 e. The van der Waals surface area contributed by atoms with Crippen molar-refractivity contribution < 1.29 is 19.4 Å². The molecule has 0 radical (unpaired) electrons. The zero-order valence-electron chi connectivity index (χ0n) is 10.9. The maximum atomic E-state index is 11.6. The molecule has 1 rings (SSSR count). The zero-order valence-corrected chi connectivity index (χ0v) is 10.9. The van der Waals surface area contributed by atoms with Gasteiger partial charge in [0.25, 0.3) is 0 Å². The molecule has 0 saturated carbocycles. The Hall–Kier alpha value is -1.30. The molecule has 1 fully saturated rings. The van der Waals surface area contributed by atoms with E-state index in [9.17, 15) is 9.59 Å². The summed E-state index contributed by atoms with van der Waals surface area (Å²) in [4.78, 5) is 22.6. The first kappa shape index (κ1) is 14.8. The number of hydrogen-bond acceptors (Lipinski definition) is 3. The number of urea groups is 1. The number of amides is 2. The van der Waals surface area contributed by atoms with E-state index in [0.717, 1.165) is 19.4 Å². The molecule has 0 aromatic carbocycles. The highest BCUT2D eigenvalue weighted by molar-refractivity contribution is 5.82. The van der Waals surface area contributed by atoms with Crippen LogP contribution in [0, 0.1) is 5.92 Å². The molecular formula is C12H22N2O4. The van der Waals surface area contributed by atoms with E-state index >= 15 is 0 Å². The van der Waals surface area contributed by atoms with Crippen molar-refractivity contribution >= 4 is 12.0 Å². The first-order chi connectivity index (χ1) is 8.54. The van der Waals surface area contributed by atoms with Crippen LogP contribution in [0.25, 0.3) is 0 Å². The van der Waals surface area contributed by atoms with Gasteiger partial charge in [-0.25, -0.2) is 9.59 Å². The summed E-state index contributed by atoms with van der Waals surface area (Å²) in [6.07, 6.45) is 2.71. The predicted octanol–water partition coefficient (Wildman–Crippen LogP) is 0.964. The molecule has 1 heterocycles. The van der Waals surface area contributed by atoms with Gasteiger partial charge in [-0.1, -0.05) is 20.3 Å². The van der Waals surface area contributed by atoms with Crippen LogP contribution in [-0.4, -0.2) is 42.4 Å². The fraction of sp³-hybridized carbons (Fsp3) is 0.833. The standard InChI is InChI=1S/C12H22N2O4/c1-3-8(2)10(11(15)16)14-12(17)13-7-9-5-4-6-18-9/h8-10H,3-7H2,1-2H3,(H,15,16)(H2,13,14,17)/t8?,9?,10-/m0/s1. The largest absolute Gasteiger partial charge is 0.480 e. The van der Waals surface area contributed by atoms with E-state index in [4.69, 9.17) is 9.84 Å². The number of ether oxygens (including phenoxy) is 1. The third-order valence-electron chi connectivity index (χ3n) is 3.28. The summed E-state index contributed by atoms with van der Waals surface area (Å²) < 4.78 is 5.37. The van der Waals surface area contributed by atoms with Gasteiger partial charge in [0.15, 0.2) is 0 Å². The van der Waals surface area contributed by atoms with Gasteiger partial charge in [-0.05, 0) is 18.8 Å². The van der Waals surface area contributed by atoms with Crippen LogP contribution in [0.15, 0.2) is 0 Å². The molecule has 1 aliphatic heterocycles. The number of hydrogen-bond donors (Lipinski definition) is 3. The number of aliphatic carboxylic acids is 1. The zero-order chi connectivity index (χ0) is 13.5. The molecule has 2 unspecified atom stereocenters. The van der Waals surface area contributed by atoms with E-state index in [0.29, 0.717) is 13.0 Å². The molecule has 104 valence electrons. The van der Waals surface area contributed by atoms with Gasteiger partial charge in [0.1, 0.15) is 6.04 Å². The highest BCUT2D eigenvalue weighted by Gasteiger charge is 2.25. The van der Waals surface area contributed by atoms with Gasteiger partial charge in [-0.2, -0.15) is 0 Å². The average molecular weight is 258 g/mol. The summed E-state index contributed by atoms with van der Waals surface area (Å²) in [6.45, 7) is 4.86. The Labute approximate surface area is 107 Å². The fourth-order valence-electron chi connectivity index (χ4n) is 1.89. The van der Waals surface area contributed by atoms with E-state index in [1.54, 1.807) is 6.92 Å². The lowest BCUT2D eigenvalue weighted by atomic mass is 9.99. The molecule has 3 N–H and O–H groups in total. The van der Waals surface area contributed by atoms with Gasteiger partial charge in [0.05, 0.1) is 6.10 Å². The highest BCUT2D eigenvalue weighted by atomic mass is 16.5. The molecule has 0 aromatic rings. The lowest BCUT2D eigenvalue weighted by Crippen LogP contribution is -2.50. The van der Waals surface area contributed by atoms with Crippen LogP contribution in [0.2, 0.25) is 0 Å². The summed E-state index contributed by atoms with van der Waals surface area (Å²) in [5.41, 5.74) is 0. The van der Waals surface area contributed by atoms with E-state index in [2.05, 4.69) is 10.6 Å². The molecule has 1 aliphatic rings. The SMILES string of the molecule is CCC(C)[C@H](NC(=O)NCC1CCCO1)C(=O)O. The van der Waals surface area contributed by atoms with Gasteiger partial charge >= 0.3 is 12.0 Å². The lowest BCUT2D eigenvalue weighted by Gasteiger charge is -2.21. The molecule has 3 atom stereocenters. The van der Waals surface area contributed by atoms with Gasteiger partial charge in [0.2, 0.25) is 0 Å². The minimum absolute atomic E-state index is 0.0580. The van der Waals surface area contributed by atoms with E-state index in [1.165, 1.54) is 0 Å². The van der Waals surface area contributed by atoms with Gasteiger partial charge in [-0.15, -0.1) is 0 Å². The van der Waals surface area contributed by atoms with Crippen molar-refractivity contribution in [1.82, 2.24) is 10.6 Å². The molecule has 0 aliphatic carbocycles. The molecule has 6 nitrogen and oxygen atoms in total. The summed E-state index contributed by atoms with van der Waals surface area (Å²) in [5.74, 6) is -1.10. The fourth-order valence-corrected chi connectivity index (χ4v) is 1.89. The Morgan fingerprint density at radius 1 is 1.50 bits per heavy atom. The summed E-state index contributed by atoms with van der Waals surface area (Å²) in [5, 5.41) is 14.2. The third-order valence-corrected chi connectivity index (χ3v) is 3.28. The van der Waals surface area contributed by atoms with Crippen molar-refractivity contribution in [3.63, 3.8) is 0 Å². The number of carbonyl (C=O) groups is 2. The molecule has 0 spiro atoms. The van der Waals surface area contributed by atoms with Gasteiger partial charge < -0.3 is 20.5 Å². The molecule has 6 heteroatoms. The van der Waals surface area contributed by atoms with Gasteiger partial charge in [0, 0.05) is 13.2 Å². The number of carboxylic acids is 1. The number of rotatable bonds is 6. The first-order valence-electron chi connectivity index (χ1n) is 6.43. The van der Waals surface area contributed by atoms with Crippen LogP contribution in [0.5, 0.6) is 0 Å². The first-order valence-corrected chi connectivity index (χ1v) is 6.43. The van der Waals surface area contributed by atoms with Crippen LogP contribution in [0.3, 0.4) is 0 Å². The normalized spacial score (nSPS) is 22.2. The quantitative estimate of drug-likeness (QED) is 0.662. The second-order valence-corrected chi connectivity index (χ2v) is 4.69. The second-order valence-electron chi connectivity index (χ2n) is 4.69. The Morgan fingerprint density at radius 2 is 2.22 bits per heavy atom. The maximum Gasteiger partial charge on any atom is 0.326 e. The second kappa shape index (κ2) is 7.20. The number of carboxylic acid groups (broad SMARTS) is 1. The summed E-state index contributed by atoms with van der Waals surface area (Å²) in [6, 6.07) is -1.29. The average Bonchev–Trinajstić information content (AvgIpc) is 2.85. The molecule has 1 saturated heterocycles. The van der Waals surface area contributed by atoms with Crippen molar-refractivity contribution in [3.05, 3.63) is 0 Å². The molecular weight excluding hydrogens is 236 g/mol. The predicted molar refractivity (Wildman–Crippen MR) is 66.4 cm³/mol. The summed E-state index contributed by atoms with van der Waals surface area (Å²) in [7, 11) is 0. The Kier molecular flexibility index (Phi) is 5.91. The molecule has 0 bridgehead atoms. The highest BCUT2D eigenvalue weighted by Crippen LogP contribution is 2.11. The monoisotopic (exact) mass is 258 g/mol. The van der Waals surface area contributed by atoms with Crippen molar-refractivity contribution in [1.29, 1.82) is 0 Å². The van der Waals surface area contributed by atoms with Crippen LogP contribution < -0.4 is 10.6 Å². The van der Waals surface area contributed by atoms with Gasteiger partial charge in [-0.3, -0.25) is 0 Å². The van der Waals surface area contributed by atoms with E-state index < -0.39 is 18.0 Å². The number of carbonyl (C=O) groups excluding carboxylic acids is 1. The van der Waals surface area contributed by atoms with Crippen LogP contribution >= 0.6 is 0 Å². The van der Waals surface area contributed by atoms with Crippen molar-refractivity contribution in [2.24, 2.45) is 5.92 Å². The van der Waals surface area contributed by atoms with Crippen molar-refractivity contribution in [2.45, 2.75) is 45.3 Å². The topological polar surface area (TPSA) is 87.7 Å². The summed E-state index contributed by atoms with van der Waals surface area (Å²) >= 11 is 0. The Morgan fingerprint density at radius 3 is 2.72 bits per heavy atom. The molecule has 0 aromatic heterocycles. The smallest absolute Gasteiger partial charge is 0.326 e. The van der Waals surface area contributed by atoms with E-state index in [-0.39, 0.29) is 12.0 Å². The van der Waals surface area contributed by atoms with Crippen molar-refractivity contribution in [3.8, 4) is 0 Å². The minimum atomic E-state index is -1.00.